The third kappa shape index (κ3) is 2.06. The van der Waals surface area contributed by atoms with E-state index in [4.69, 9.17) is 9.47 Å². The van der Waals surface area contributed by atoms with Gasteiger partial charge in [-0.05, 0) is 38.0 Å². The molecule has 4 heteroatoms. The van der Waals surface area contributed by atoms with Crippen LogP contribution in [-0.4, -0.2) is 24.6 Å². The standard InChI is InChI=1S/C12H18O4/c1-3-15-12(14)10-5-9-4-8(10)6-11(9)16-7(2)13/h8-11H,3-6H2,1-2H3. The maximum Gasteiger partial charge on any atom is 0.309 e. The Labute approximate surface area is 95.3 Å². The van der Waals surface area contributed by atoms with Gasteiger partial charge in [0.2, 0.25) is 0 Å². The van der Waals surface area contributed by atoms with Gasteiger partial charge >= 0.3 is 11.9 Å². The Kier molecular flexibility index (Phi) is 3.17. The van der Waals surface area contributed by atoms with Gasteiger partial charge in [-0.2, -0.15) is 0 Å². The predicted molar refractivity (Wildman–Crippen MR) is 56.5 cm³/mol. The van der Waals surface area contributed by atoms with Crippen molar-refractivity contribution >= 4 is 11.9 Å². The molecule has 2 aliphatic carbocycles. The van der Waals surface area contributed by atoms with Crippen molar-refractivity contribution in [3.8, 4) is 0 Å². The average molecular weight is 226 g/mol. The van der Waals surface area contributed by atoms with Crippen molar-refractivity contribution < 1.29 is 19.1 Å². The van der Waals surface area contributed by atoms with Crippen molar-refractivity contribution in [2.24, 2.45) is 17.8 Å². The van der Waals surface area contributed by atoms with Crippen molar-refractivity contribution in [2.45, 2.75) is 39.2 Å². The molecule has 2 saturated carbocycles. The molecule has 2 rings (SSSR count). The molecule has 2 fully saturated rings. The minimum absolute atomic E-state index is 0.0353. The monoisotopic (exact) mass is 226 g/mol. The van der Waals surface area contributed by atoms with Crippen LogP contribution in [0, 0.1) is 17.8 Å². The van der Waals surface area contributed by atoms with E-state index in [1.54, 1.807) is 0 Å². The fourth-order valence-electron chi connectivity index (χ4n) is 3.12. The molecule has 4 atom stereocenters. The van der Waals surface area contributed by atoms with E-state index in [9.17, 15) is 9.59 Å². The molecule has 16 heavy (non-hydrogen) atoms. The summed E-state index contributed by atoms with van der Waals surface area (Å²) in [4.78, 5) is 22.5. The number of ether oxygens (including phenoxy) is 2. The van der Waals surface area contributed by atoms with E-state index >= 15 is 0 Å². The molecule has 2 bridgehead atoms. The van der Waals surface area contributed by atoms with Gasteiger partial charge in [-0.1, -0.05) is 0 Å². The Balaban J connectivity index is 1.90. The number of carbonyl (C=O) groups is 2. The normalized spacial score (nSPS) is 36.1. The molecule has 0 N–H and O–H groups in total. The molecule has 90 valence electrons. The minimum Gasteiger partial charge on any atom is -0.466 e. The Morgan fingerprint density at radius 3 is 2.44 bits per heavy atom. The van der Waals surface area contributed by atoms with E-state index in [0.29, 0.717) is 18.4 Å². The zero-order chi connectivity index (χ0) is 11.7. The second-order valence-corrected chi connectivity index (χ2v) is 4.73. The minimum atomic E-state index is -0.217. The van der Waals surface area contributed by atoms with Crippen molar-refractivity contribution in [1.29, 1.82) is 0 Å². The molecule has 0 heterocycles. The summed E-state index contributed by atoms with van der Waals surface area (Å²) in [5.41, 5.74) is 0. The highest BCUT2D eigenvalue weighted by Crippen LogP contribution is 2.50. The first-order chi connectivity index (χ1) is 7.61. The third-order valence-corrected chi connectivity index (χ3v) is 3.70. The fourth-order valence-corrected chi connectivity index (χ4v) is 3.12. The quantitative estimate of drug-likeness (QED) is 0.685. The third-order valence-electron chi connectivity index (χ3n) is 3.70. The maximum absolute atomic E-state index is 11.6. The van der Waals surface area contributed by atoms with E-state index in [2.05, 4.69) is 0 Å². The molecule has 2 aliphatic rings. The SMILES string of the molecule is CCOC(=O)C1CC2CC1CC2OC(C)=O. The number of esters is 2. The molecule has 0 saturated heterocycles. The molecule has 0 amide bonds. The number of hydrogen-bond donors (Lipinski definition) is 0. The summed E-state index contributed by atoms with van der Waals surface area (Å²) in [5, 5.41) is 0. The summed E-state index contributed by atoms with van der Waals surface area (Å²) in [6, 6.07) is 0. The Bertz CT molecular complexity index is 299. The van der Waals surface area contributed by atoms with Crippen LogP contribution in [0.25, 0.3) is 0 Å². The van der Waals surface area contributed by atoms with Crippen molar-refractivity contribution in [3.05, 3.63) is 0 Å². The zero-order valence-electron chi connectivity index (χ0n) is 9.77. The first-order valence-corrected chi connectivity index (χ1v) is 5.95. The van der Waals surface area contributed by atoms with Crippen molar-refractivity contribution in [1.82, 2.24) is 0 Å². The molecule has 0 radical (unpaired) electrons. The fraction of sp³-hybridized carbons (Fsp3) is 0.833. The lowest BCUT2D eigenvalue weighted by molar-refractivity contribution is -0.153. The zero-order valence-corrected chi connectivity index (χ0v) is 9.77. The second-order valence-electron chi connectivity index (χ2n) is 4.73. The van der Waals surface area contributed by atoms with E-state index in [0.717, 1.165) is 19.3 Å². The van der Waals surface area contributed by atoms with Crippen LogP contribution in [-0.2, 0) is 19.1 Å². The van der Waals surface area contributed by atoms with Crippen molar-refractivity contribution in [2.75, 3.05) is 6.61 Å². The summed E-state index contributed by atoms with van der Waals surface area (Å²) in [7, 11) is 0. The van der Waals surface area contributed by atoms with Crippen LogP contribution in [0.2, 0.25) is 0 Å². The van der Waals surface area contributed by atoms with Gasteiger partial charge in [0, 0.05) is 6.92 Å². The van der Waals surface area contributed by atoms with Crippen LogP contribution in [0.5, 0.6) is 0 Å². The lowest BCUT2D eigenvalue weighted by Crippen LogP contribution is -2.30. The van der Waals surface area contributed by atoms with Gasteiger partial charge in [0.15, 0.2) is 0 Å². The summed E-state index contributed by atoms with van der Waals surface area (Å²) in [5.74, 6) is 0.468. The number of fused-ring (bicyclic) bond motifs is 2. The Hall–Kier alpha value is -1.06. The van der Waals surface area contributed by atoms with Gasteiger partial charge in [-0.15, -0.1) is 0 Å². The molecular formula is C12H18O4. The van der Waals surface area contributed by atoms with Crippen LogP contribution < -0.4 is 0 Å². The summed E-state index contributed by atoms with van der Waals surface area (Å²) in [6.07, 6.45) is 2.68. The first kappa shape index (κ1) is 11.4. The van der Waals surface area contributed by atoms with Gasteiger partial charge in [0.05, 0.1) is 12.5 Å². The number of carbonyl (C=O) groups excluding carboxylic acids is 2. The highest BCUT2D eigenvalue weighted by molar-refractivity contribution is 5.73. The molecule has 0 aromatic carbocycles. The van der Waals surface area contributed by atoms with Gasteiger partial charge < -0.3 is 9.47 Å². The van der Waals surface area contributed by atoms with Crippen LogP contribution >= 0.6 is 0 Å². The van der Waals surface area contributed by atoms with Gasteiger partial charge in [-0.3, -0.25) is 9.59 Å². The highest BCUT2D eigenvalue weighted by atomic mass is 16.5. The van der Waals surface area contributed by atoms with E-state index in [-0.39, 0.29) is 24.0 Å². The molecule has 0 aromatic heterocycles. The van der Waals surface area contributed by atoms with Crippen LogP contribution in [0.4, 0.5) is 0 Å². The van der Waals surface area contributed by atoms with E-state index in [1.165, 1.54) is 6.92 Å². The van der Waals surface area contributed by atoms with Gasteiger partial charge in [-0.25, -0.2) is 0 Å². The largest absolute Gasteiger partial charge is 0.466 e. The van der Waals surface area contributed by atoms with E-state index < -0.39 is 0 Å². The van der Waals surface area contributed by atoms with E-state index in [1.807, 2.05) is 6.92 Å². The predicted octanol–water partition coefficient (Wildman–Crippen LogP) is 1.53. The first-order valence-electron chi connectivity index (χ1n) is 5.95. The maximum atomic E-state index is 11.6. The second kappa shape index (κ2) is 4.44. The molecule has 4 nitrogen and oxygen atoms in total. The summed E-state index contributed by atoms with van der Waals surface area (Å²) >= 11 is 0. The van der Waals surface area contributed by atoms with Crippen LogP contribution in [0.15, 0.2) is 0 Å². The number of hydrogen-bond acceptors (Lipinski definition) is 4. The number of rotatable bonds is 3. The Morgan fingerprint density at radius 1 is 1.19 bits per heavy atom. The molecule has 4 unspecified atom stereocenters. The van der Waals surface area contributed by atoms with Gasteiger partial charge in [0.25, 0.3) is 0 Å². The summed E-state index contributed by atoms with van der Waals surface area (Å²) in [6.45, 7) is 3.71. The molecule has 0 aliphatic heterocycles. The smallest absolute Gasteiger partial charge is 0.309 e. The lowest BCUT2D eigenvalue weighted by Gasteiger charge is -2.26. The average Bonchev–Trinajstić information content (AvgIpc) is 2.75. The Morgan fingerprint density at radius 2 is 1.94 bits per heavy atom. The summed E-state index contributed by atoms with van der Waals surface area (Å²) < 4.78 is 10.3. The lowest BCUT2D eigenvalue weighted by atomic mass is 9.87. The van der Waals surface area contributed by atoms with Gasteiger partial charge in [0.1, 0.15) is 6.10 Å². The van der Waals surface area contributed by atoms with Crippen LogP contribution in [0.1, 0.15) is 33.1 Å². The van der Waals surface area contributed by atoms with Crippen molar-refractivity contribution in [3.63, 3.8) is 0 Å². The molecular weight excluding hydrogens is 208 g/mol. The van der Waals surface area contributed by atoms with Crippen LogP contribution in [0.3, 0.4) is 0 Å². The molecule has 0 spiro atoms. The highest BCUT2D eigenvalue weighted by Gasteiger charge is 2.50. The molecule has 0 aromatic rings. The topological polar surface area (TPSA) is 52.6 Å².